The molecule has 0 radical (unpaired) electrons. The number of fused-ring (bicyclic) bond motifs is 3. The number of nitrogens with zero attached hydrogens (tertiary/aromatic N) is 4. The molecule has 6 rings (SSSR count). The number of nitrogen functional groups attached to an aromatic ring is 1. The van der Waals surface area contributed by atoms with E-state index in [2.05, 4.69) is 20.4 Å². The summed E-state index contributed by atoms with van der Waals surface area (Å²) in [7, 11) is 0. The summed E-state index contributed by atoms with van der Waals surface area (Å²) in [6.07, 6.45) is -6.53. The molecule has 218 valence electrons. The van der Waals surface area contributed by atoms with Gasteiger partial charge >= 0.3 is 18.1 Å². The molecular weight excluding hydrogens is 587 g/mol. The largest absolute Gasteiger partial charge is 0.453 e. The van der Waals surface area contributed by atoms with Gasteiger partial charge in [0.1, 0.15) is 28.5 Å². The molecule has 3 N–H and O–H groups in total. The van der Waals surface area contributed by atoms with Crippen molar-refractivity contribution in [2.75, 3.05) is 11.1 Å². The minimum Gasteiger partial charge on any atom is -0.426 e. The Morgan fingerprint density at radius 2 is 1.86 bits per heavy atom. The van der Waals surface area contributed by atoms with Crippen molar-refractivity contribution in [3.05, 3.63) is 58.1 Å². The quantitative estimate of drug-likeness (QED) is 0.176. The van der Waals surface area contributed by atoms with Gasteiger partial charge in [0.25, 0.3) is 0 Å². The Balaban J connectivity index is 1.42. The summed E-state index contributed by atoms with van der Waals surface area (Å²) >= 11 is 6.07. The monoisotopic (exact) mass is 606 g/mol. The van der Waals surface area contributed by atoms with E-state index in [0.29, 0.717) is 23.1 Å². The van der Waals surface area contributed by atoms with E-state index in [1.54, 1.807) is 25.1 Å². The number of nitrogens with two attached hydrogens (primary N) is 1. The van der Waals surface area contributed by atoms with Gasteiger partial charge in [-0.2, -0.15) is 27.1 Å². The van der Waals surface area contributed by atoms with Crippen molar-refractivity contribution in [1.82, 2.24) is 19.7 Å². The van der Waals surface area contributed by atoms with Crippen LogP contribution in [0.2, 0.25) is 5.02 Å². The first-order valence-corrected chi connectivity index (χ1v) is 13.0. The van der Waals surface area contributed by atoms with E-state index in [9.17, 15) is 31.5 Å². The molecule has 1 amide bonds. The highest BCUT2D eigenvalue weighted by Gasteiger charge is 2.57. The van der Waals surface area contributed by atoms with Gasteiger partial charge in [-0.25, -0.2) is 9.97 Å². The Morgan fingerprint density at radius 1 is 1.10 bits per heavy atom. The smallest absolute Gasteiger partial charge is 0.426 e. The summed E-state index contributed by atoms with van der Waals surface area (Å²) in [5.41, 5.74) is 6.77. The van der Waals surface area contributed by atoms with E-state index in [0.717, 1.165) is 10.2 Å². The molecule has 42 heavy (non-hydrogen) atoms. The maximum absolute atomic E-state index is 13.7. The first-order chi connectivity index (χ1) is 19.7. The molecule has 0 bridgehead atoms. The second kappa shape index (κ2) is 9.34. The van der Waals surface area contributed by atoms with Crippen molar-refractivity contribution >= 4 is 46.0 Å². The number of benzene rings is 2. The molecule has 1 unspecified atom stereocenters. The van der Waals surface area contributed by atoms with Crippen molar-refractivity contribution in [1.29, 1.82) is 0 Å². The number of nitrogens with one attached hydrogen (secondary N) is 1. The number of ether oxygens (including phenoxy) is 1. The van der Waals surface area contributed by atoms with Gasteiger partial charge in [-0.3, -0.25) is 14.3 Å². The van der Waals surface area contributed by atoms with Gasteiger partial charge in [0.2, 0.25) is 5.91 Å². The molecular formula is C27H20ClF5N6O3. The number of anilines is 2. The summed E-state index contributed by atoms with van der Waals surface area (Å²) in [5.74, 6) is -5.58. The number of aromatic nitrogens is 4. The molecule has 0 saturated heterocycles. The Labute approximate surface area is 238 Å². The van der Waals surface area contributed by atoms with Crippen molar-refractivity contribution in [2.45, 2.75) is 50.2 Å². The fraction of sp³-hybridized carbons (Fsp3) is 0.296. The van der Waals surface area contributed by atoms with E-state index in [1.807, 2.05) is 0 Å². The lowest BCUT2D eigenvalue weighted by Gasteiger charge is -2.25. The molecule has 0 spiro atoms. The molecule has 9 nitrogen and oxygen atoms in total. The maximum atomic E-state index is 13.7. The van der Waals surface area contributed by atoms with Crippen LogP contribution in [-0.2, 0) is 28.0 Å². The maximum Gasteiger partial charge on any atom is 0.453 e. The number of alkyl halides is 5. The van der Waals surface area contributed by atoms with Crippen LogP contribution in [0.25, 0.3) is 22.4 Å². The van der Waals surface area contributed by atoms with Gasteiger partial charge in [-0.05, 0) is 48.7 Å². The molecule has 4 heterocycles. The van der Waals surface area contributed by atoms with Crippen molar-refractivity contribution < 1.29 is 36.3 Å². The van der Waals surface area contributed by atoms with E-state index in [1.165, 1.54) is 18.2 Å². The Bertz CT molecular complexity index is 1810. The van der Waals surface area contributed by atoms with Gasteiger partial charge < -0.3 is 15.8 Å². The fourth-order valence-electron chi connectivity index (χ4n) is 5.24. The predicted molar refractivity (Wildman–Crippen MR) is 141 cm³/mol. The molecule has 0 aliphatic carbocycles. The number of hydrogen-bond donors (Lipinski definition) is 2. The van der Waals surface area contributed by atoms with Crippen LogP contribution in [0.5, 0.6) is 5.75 Å². The van der Waals surface area contributed by atoms with E-state index < -0.39 is 36.4 Å². The van der Waals surface area contributed by atoms with Crippen LogP contribution in [-0.4, -0.2) is 43.7 Å². The van der Waals surface area contributed by atoms with Crippen molar-refractivity contribution in [3.63, 3.8) is 0 Å². The van der Waals surface area contributed by atoms with E-state index >= 15 is 0 Å². The van der Waals surface area contributed by atoms with Crippen LogP contribution in [0.15, 0.2) is 36.4 Å². The molecule has 2 aromatic carbocycles. The standard InChI is InChI=1S/C27H20ClF5N6O3/c1-25(13-4-2-12-3-7-18(40)42-17(12)10-13)19-21(34)35-23(36-22(19)37-24(25)41)20-15-6-5-14(28)11-16(15)39(38-20)9-8-26(29,30)27(31,32)33/h2,4-6,10-11H,3,7-9H2,1H3,(H3,34,35,36,37,41). The summed E-state index contributed by atoms with van der Waals surface area (Å²) in [5, 5.41) is 7.45. The molecule has 0 saturated carbocycles. The molecule has 0 fully saturated rings. The molecule has 2 aliphatic rings. The van der Waals surface area contributed by atoms with Crippen LogP contribution < -0.4 is 15.8 Å². The summed E-state index contributed by atoms with van der Waals surface area (Å²) < 4.78 is 72.1. The average molecular weight is 607 g/mol. The zero-order valence-electron chi connectivity index (χ0n) is 21.7. The van der Waals surface area contributed by atoms with Gasteiger partial charge in [0, 0.05) is 23.4 Å². The van der Waals surface area contributed by atoms with Crippen LogP contribution in [0.4, 0.5) is 33.6 Å². The normalized spacial score (nSPS) is 18.5. The highest BCUT2D eigenvalue weighted by molar-refractivity contribution is 6.31. The van der Waals surface area contributed by atoms with E-state index in [-0.39, 0.29) is 51.6 Å². The van der Waals surface area contributed by atoms with Crippen molar-refractivity contribution in [2.24, 2.45) is 0 Å². The number of amides is 1. The van der Waals surface area contributed by atoms with Crippen molar-refractivity contribution in [3.8, 4) is 17.3 Å². The minimum absolute atomic E-state index is 0.0371. The van der Waals surface area contributed by atoms with E-state index in [4.69, 9.17) is 22.1 Å². The number of esters is 1. The summed E-state index contributed by atoms with van der Waals surface area (Å²) in [6.45, 7) is 0.828. The number of aryl methyl sites for hydroxylation is 2. The van der Waals surface area contributed by atoms with Gasteiger partial charge in [0.15, 0.2) is 5.82 Å². The van der Waals surface area contributed by atoms with Gasteiger partial charge in [-0.15, -0.1) is 0 Å². The van der Waals surface area contributed by atoms with Gasteiger partial charge in [-0.1, -0.05) is 23.7 Å². The van der Waals surface area contributed by atoms with Crippen LogP contribution in [0.3, 0.4) is 0 Å². The molecule has 2 aliphatic heterocycles. The summed E-state index contributed by atoms with van der Waals surface area (Å²) in [4.78, 5) is 34.0. The number of rotatable bonds is 5. The van der Waals surface area contributed by atoms with Crippen LogP contribution in [0, 0.1) is 0 Å². The lowest BCUT2D eigenvalue weighted by atomic mass is 9.77. The van der Waals surface area contributed by atoms with Crippen LogP contribution in [0.1, 0.15) is 36.5 Å². The zero-order valence-corrected chi connectivity index (χ0v) is 22.4. The predicted octanol–water partition coefficient (Wildman–Crippen LogP) is 5.43. The van der Waals surface area contributed by atoms with Crippen LogP contribution >= 0.6 is 11.6 Å². The lowest BCUT2D eigenvalue weighted by molar-refractivity contribution is -0.285. The number of carbonyl (C=O) groups is 2. The third-order valence-electron chi connectivity index (χ3n) is 7.57. The zero-order chi connectivity index (χ0) is 30.2. The molecule has 4 aromatic rings. The SMILES string of the molecule is CC1(c2ccc3c(c2)OC(=O)CC3)C(=O)Nc2nc(-c3nn(CCC(F)(F)C(F)(F)F)c4cc(Cl)ccc34)nc(N)c21. The molecule has 15 heteroatoms. The second-order valence-corrected chi connectivity index (χ2v) is 10.7. The molecule has 1 atom stereocenters. The highest BCUT2D eigenvalue weighted by atomic mass is 35.5. The fourth-order valence-corrected chi connectivity index (χ4v) is 5.40. The average Bonchev–Trinajstić information content (AvgIpc) is 3.40. The number of halogens is 6. The number of hydrogen-bond acceptors (Lipinski definition) is 7. The Morgan fingerprint density at radius 3 is 2.60 bits per heavy atom. The highest BCUT2D eigenvalue weighted by Crippen LogP contribution is 2.47. The second-order valence-electron chi connectivity index (χ2n) is 10.2. The third-order valence-corrected chi connectivity index (χ3v) is 7.80. The topological polar surface area (TPSA) is 125 Å². The Hall–Kier alpha value is -4.33. The van der Waals surface area contributed by atoms with Gasteiger partial charge in [0.05, 0.1) is 17.5 Å². The summed E-state index contributed by atoms with van der Waals surface area (Å²) in [6, 6.07) is 9.47. The first-order valence-electron chi connectivity index (χ1n) is 12.6. The first kappa shape index (κ1) is 27.8. The minimum atomic E-state index is -5.72. The number of carbonyl (C=O) groups excluding carboxylic acids is 2. The third kappa shape index (κ3) is 4.32. The molecule has 2 aromatic heterocycles. The lowest BCUT2D eigenvalue weighted by Crippen LogP contribution is -2.37. The Kier molecular flexibility index (Phi) is 6.19.